The number of carbonyl (C=O) groups is 1. The Balaban J connectivity index is 0.00000210. The number of fused-ring (bicyclic) bond motifs is 1. The van der Waals surface area contributed by atoms with E-state index in [9.17, 15) is 4.79 Å². The first-order valence-corrected chi connectivity index (χ1v) is 8.47. The molecule has 5 nitrogen and oxygen atoms in total. The molecule has 1 N–H and O–H groups in total. The zero-order valence-corrected chi connectivity index (χ0v) is 14.1. The molecule has 3 aromatic rings. The Morgan fingerprint density at radius 1 is 0.963 bits per heavy atom. The molecule has 0 fully saturated rings. The Kier molecular flexibility index (Phi) is 5.71. The second-order valence-corrected chi connectivity index (χ2v) is 6.02. The number of amides is 1. The highest BCUT2D eigenvalue weighted by Gasteiger charge is 2.15. The summed E-state index contributed by atoms with van der Waals surface area (Å²) in [6, 6.07) is 17.6. The van der Waals surface area contributed by atoms with Crippen LogP contribution in [-0.4, -0.2) is 24.2 Å². The number of hydrogen-bond donors (Lipinski definition) is 1. The molecule has 0 radical (unpaired) electrons. The molecule has 4 rings (SSSR count). The molecule has 0 unspecified atom stereocenters. The highest BCUT2D eigenvalue weighted by atomic mass is 16.7. The van der Waals surface area contributed by atoms with Gasteiger partial charge in [0.1, 0.15) is 0 Å². The molecule has 0 saturated heterocycles. The minimum absolute atomic E-state index is 0. The van der Waals surface area contributed by atoms with Crippen LogP contribution < -0.4 is 14.8 Å². The fraction of sp³-hybridized carbons (Fsp3) is 0.182. The fourth-order valence-electron chi connectivity index (χ4n) is 2.87. The monoisotopic (exact) mass is 362 g/mol. The van der Waals surface area contributed by atoms with Crippen molar-refractivity contribution in [3.8, 4) is 22.6 Å². The van der Waals surface area contributed by atoms with E-state index >= 15 is 0 Å². The van der Waals surface area contributed by atoms with Gasteiger partial charge in [-0.1, -0.05) is 43.8 Å². The van der Waals surface area contributed by atoms with Crippen molar-refractivity contribution in [1.82, 2.24) is 10.3 Å². The van der Waals surface area contributed by atoms with Crippen LogP contribution in [0.2, 0.25) is 0 Å². The Labute approximate surface area is 159 Å². The lowest BCUT2D eigenvalue weighted by Crippen LogP contribution is -2.25. The summed E-state index contributed by atoms with van der Waals surface area (Å²) >= 11 is 0. The highest BCUT2D eigenvalue weighted by molar-refractivity contribution is 5.95. The van der Waals surface area contributed by atoms with Crippen molar-refractivity contribution in [3.63, 3.8) is 0 Å². The van der Waals surface area contributed by atoms with Gasteiger partial charge in [0, 0.05) is 24.5 Å². The summed E-state index contributed by atoms with van der Waals surface area (Å²) in [5, 5.41) is 2.94. The van der Waals surface area contributed by atoms with Crippen LogP contribution in [0.4, 0.5) is 0 Å². The van der Waals surface area contributed by atoms with Crippen molar-refractivity contribution in [2.75, 3.05) is 13.3 Å². The van der Waals surface area contributed by atoms with Crippen LogP contribution in [0.15, 0.2) is 67.0 Å². The third-order valence-corrected chi connectivity index (χ3v) is 4.25. The standard InChI is InChI=1S/C21H18N2O3.CH4/c24-21(23-9-8-15-4-2-1-3-5-15)18-10-17(12-22-13-18)16-6-7-19-20(11-16)26-14-25-19;/h1-7,10-13H,8-9,14H2,(H,23,24);1H4. The Morgan fingerprint density at radius 2 is 1.78 bits per heavy atom. The molecule has 2 heterocycles. The Bertz CT molecular complexity index is 926. The van der Waals surface area contributed by atoms with E-state index in [0.717, 1.165) is 23.3 Å². The summed E-state index contributed by atoms with van der Waals surface area (Å²) in [7, 11) is 0. The van der Waals surface area contributed by atoms with Crippen LogP contribution in [-0.2, 0) is 6.42 Å². The number of carbonyl (C=O) groups excluding carboxylic acids is 1. The maximum atomic E-state index is 12.4. The lowest BCUT2D eigenvalue weighted by molar-refractivity contribution is 0.0954. The molecule has 1 aromatic heterocycles. The largest absolute Gasteiger partial charge is 0.454 e. The van der Waals surface area contributed by atoms with Crippen LogP contribution in [0.1, 0.15) is 23.3 Å². The lowest BCUT2D eigenvalue weighted by Gasteiger charge is -2.07. The molecule has 0 spiro atoms. The van der Waals surface area contributed by atoms with Crippen molar-refractivity contribution in [3.05, 3.63) is 78.1 Å². The number of rotatable bonds is 5. The summed E-state index contributed by atoms with van der Waals surface area (Å²) in [4.78, 5) is 16.6. The number of nitrogens with zero attached hydrogens (tertiary/aromatic N) is 1. The van der Waals surface area contributed by atoms with Gasteiger partial charge in [0.15, 0.2) is 11.5 Å². The van der Waals surface area contributed by atoms with E-state index in [0.29, 0.717) is 17.9 Å². The number of pyridine rings is 1. The highest BCUT2D eigenvalue weighted by Crippen LogP contribution is 2.35. The molecule has 1 aliphatic heterocycles. The first-order chi connectivity index (χ1) is 12.8. The van der Waals surface area contributed by atoms with E-state index in [1.165, 1.54) is 5.56 Å². The zero-order chi connectivity index (χ0) is 17.8. The molecule has 0 saturated carbocycles. The van der Waals surface area contributed by atoms with Gasteiger partial charge in [0.25, 0.3) is 5.91 Å². The maximum absolute atomic E-state index is 12.4. The first-order valence-electron chi connectivity index (χ1n) is 8.47. The second kappa shape index (κ2) is 8.36. The third kappa shape index (κ3) is 4.26. The van der Waals surface area contributed by atoms with Gasteiger partial charge in [0.05, 0.1) is 5.56 Å². The summed E-state index contributed by atoms with van der Waals surface area (Å²) < 4.78 is 10.7. The van der Waals surface area contributed by atoms with E-state index in [1.54, 1.807) is 12.4 Å². The lowest BCUT2D eigenvalue weighted by atomic mass is 10.1. The molecule has 0 atom stereocenters. The number of aromatic nitrogens is 1. The number of ether oxygens (including phenoxy) is 2. The number of hydrogen-bond acceptors (Lipinski definition) is 4. The number of nitrogens with one attached hydrogen (secondary N) is 1. The van der Waals surface area contributed by atoms with E-state index in [4.69, 9.17) is 9.47 Å². The van der Waals surface area contributed by atoms with Gasteiger partial charge in [-0.3, -0.25) is 9.78 Å². The molecule has 1 aliphatic rings. The van der Waals surface area contributed by atoms with Crippen LogP contribution >= 0.6 is 0 Å². The van der Waals surface area contributed by atoms with Crippen LogP contribution in [0.25, 0.3) is 11.1 Å². The summed E-state index contributed by atoms with van der Waals surface area (Å²) in [5.41, 5.74) is 3.52. The molecule has 0 aliphatic carbocycles. The van der Waals surface area contributed by atoms with Gasteiger partial charge in [0.2, 0.25) is 6.79 Å². The molecule has 1 amide bonds. The van der Waals surface area contributed by atoms with Gasteiger partial charge < -0.3 is 14.8 Å². The Morgan fingerprint density at radius 3 is 2.63 bits per heavy atom. The topological polar surface area (TPSA) is 60.5 Å². The fourth-order valence-corrected chi connectivity index (χ4v) is 2.87. The summed E-state index contributed by atoms with van der Waals surface area (Å²) in [6.45, 7) is 0.817. The molecular weight excluding hydrogens is 340 g/mol. The molecule has 0 bridgehead atoms. The van der Waals surface area contributed by atoms with E-state index in [-0.39, 0.29) is 20.1 Å². The van der Waals surface area contributed by atoms with Gasteiger partial charge in [-0.25, -0.2) is 0 Å². The van der Waals surface area contributed by atoms with Crippen molar-refractivity contribution < 1.29 is 14.3 Å². The predicted molar refractivity (Wildman–Crippen MR) is 105 cm³/mol. The van der Waals surface area contributed by atoms with Crippen molar-refractivity contribution >= 4 is 5.91 Å². The molecule has 27 heavy (non-hydrogen) atoms. The van der Waals surface area contributed by atoms with Gasteiger partial charge in [-0.05, 0) is 35.7 Å². The number of benzene rings is 2. The zero-order valence-electron chi connectivity index (χ0n) is 14.1. The Hall–Kier alpha value is -3.34. The van der Waals surface area contributed by atoms with E-state index in [1.807, 2.05) is 54.6 Å². The van der Waals surface area contributed by atoms with E-state index in [2.05, 4.69) is 10.3 Å². The SMILES string of the molecule is C.O=C(NCCc1ccccc1)c1cncc(-c2ccc3c(c2)OCO3)c1. The molecule has 2 aromatic carbocycles. The molecule has 138 valence electrons. The van der Waals surface area contributed by atoms with Gasteiger partial charge in [-0.2, -0.15) is 0 Å². The summed E-state index contributed by atoms with van der Waals surface area (Å²) in [6.07, 6.45) is 4.11. The van der Waals surface area contributed by atoms with E-state index < -0.39 is 0 Å². The minimum Gasteiger partial charge on any atom is -0.454 e. The van der Waals surface area contributed by atoms with Crippen molar-refractivity contribution in [2.45, 2.75) is 13.8 Å². The third-order valence-electron chi connectivity index (χ3n) is 4.25. The van der Waals surface area contributed by atoms with Crippen LogP contribution in [0.3, 0.4) is 0 Å². The first kappa shape index (κ1) is 18.5. The van der Waals surface area contributed by atoms with Gasteiger partial charge in [-0.15, -0.1) is 0 Å². The summed E-state index contributed by atoms with van der Waals surface area (Å²) in [5.74, 6) is 1.31. The molecule has 5 heteroatoms. The predicted octanol–water partition coefficient (Wildman–Crippen LogP) is 4.09. The minimum atomic E-state index is -0.129. The molecular formula is C22H22N2O3. The quantitative estimate of drug-likeness (QED) is 0.743. The van der Waals surface area contributed by atoms with Gasteiger partial charge >= 0.3 is 0 Å². The van der Waals surface area contributed by atoms with Crippen LogP contribution in [0.5, 0.6) is 11.5 Å². The average molecular weight is 362 g/mol. The van der Waals surface area contributed by atoms with Crippen molar-refractivity contribution in [1.29, 1.82) is 0 Å². The average Bonchev–Trinajstić information content (AvgIpc) is 3.16. The van der Waals surface area contributed by atoms with Crippen molar-refractivity contribution in [2.24, 2.45) is 0 Å². The second-order valence-electron chi connectivity index (χ2n) is 6.02. The maximum Gasteiger partial charge on any atom is 0.252 e. The normalized spacial score (nSPS) is 11.6. The smallest absolute Gasteiger partial charge is 0.252 e. The van der Waals surface area contributed by atoms with Crippen LogP contribution in [0, 0.1) is 0 Å².